The zero-order valence-electron chi connectivity index (χ0n) is 22.4. The van der Waals surface area contributed by atoms with Crippen molar-refractivity contribution >= 4 is 34.7 Å². The molecule has 0 saturated carbocycles. The van der Waals surface area contributed by atoms with Crippen LogP contribution >= 0.6 is 0 Å². The van der Waals surface area contributed by atoms with Gasteiger partial charge in [0.1, 0.15) is 17.0 Å². The predicted molar refractivity (Wildman–Crippen MR) is 141 cm³/mol. The van der Waals surface area contributed by atoms with Crippen molar-refractivity contribution in [2.45, 2.75) is 58.4 Å². The molecule has 3 heterocycles. The van der Waals surface area contributed by atoms with Crippen molar-refractivity contribution in [2.75, 3.05) is 18.4 Å². The number of carbonyl (C=O) groups is 2. The number of carbonyl (C=O) groups excluding carboxylic acids is 2. The lowest BCUT2D eigenvalue weighted by atomic mass is 10.0. The number of ether oxygens (including phenoxy) is 1. The molecule has 1 aliphatic rings. The summed E-state index contributed by atoms with van der Waals surface area (Å²) in [4.78, 5) is 37.5. The zero-order chi connectivity index (χ0) is 29.2. The quantitative estimate of drug-likeness (QED) is 0.152. The summed E-state index contributed by atoms with van der Waals surface area (Å²) in [6.45, 7) is 7.51. The maximum Gasteiger partial charge on any atom is 0.419 e. The molecule has 4 N–H and O–H groups in total. The van der Waals surface area contributed by atoms with Gasteiger partial charge in [0.25, 0.3) is 5.91 Å². The first-order chi connectivity index (χ1) is 18.7. The third-order valence-corrected chi connectivity index (χ3v) is 6.14. The molecule has 14 heteroatoms. The first kappa shape index (κ1) is 28.6. The lowest BCUT2D eigenvalue weighted by molar-refractivity contribution is -0.137. The Labute approximate surface area is 227 Å². The van der Waals surface area contributed by atoms with E-state index in [9.17, 15) is 22.8 Å². The minimum absolute atomic E-state index is 0.0110. The third kappa shape index (κ3) is 6.61. The number of halogens is 3. The van der Waals surface area contributed by atoms with Crippen LogP contribution in [0, 0.1) is 0 Å². The lowest BCUT2D eigenvalue weighted by Crippen LogP contribution is -2.47. The highest BCUT2D eigenvalue weighted by Gasteiger charge is 2.36. The van der Waals surface area contributed by atoms with Gasteiger partial charge in [0.2, 0.25) is 5.95 Å². The normalized spacial score (nSPS) is 16.6. The Hall–Kier alpha value is -4.36. The van der Waals surface area contributed by atoms with Gasteiger partial charge in [0.15, 0.2) is 0 Å². The largest absolute Gasteiger partial charge is 0.444 e. The molecule has 4 rings (SSSR count). The molecule has 0 unspecified atom stereocenters. The minimum Gasteiger partial charge on any atom is -0.444 e. The van der Waals surface area contributed by atoms with Crippen molar-refractivity contribution < 1.29 is 32.7 Å². The summed E-state index contributed by atoms with van der Waals surface area (Å²) in [6, 6.07) is 4.14. The third-order valence-electron chi connectivity index (χ3n) is 6.14. The van der Waals surface area contributed by atoms with Crippen molar-refractivity contribution in [3.05, 3.63) is 41.7 Å². The van der Waals surface area contributed by atoms with E-state index in [0.717, 1.165) is 6.20 Å². The fraction of sp³-hybridized carbons (Fsp3) is 0.423. The average molecular weight is 562 g/mol. The van der Waals surface area contributed by atoms with Gasteiger partial charge in [-0.15, -0.1) is 0 Å². The van der Waals surface area contributed by atoms with Gasteiger partial charge in [0, 0.05) is 53.6 Å². The van der Waals surface area contributed by atoms with E-state index < -0.39 is 29.3 Å². The van der Waals surface area contributed by atoms with Gasteiger partial charge in [-0.25, -0.2) is 14.8 Å². The molecule has 1 aliphatic heterocycles. The molecule has 1 fully saturated rings. The van der Waals surface area contributed by atoms with Crippen LogP contribution in [0.5, 0.6) is 0 Å². The molecule has 1 atom stereocenters. The second-order valence-electron chi connectivity index (χ2n) is 10.5. The molecule has 1 aromatic carbocycles. The molecule has 1 saturated heterocycles. The smallest absolute Gasteiger partial charge is 0.419 e. The SMILES string of the molecule is C/C(=N/O)NC(=O)c1ccc2c(-c3nc(N[C@H]4CCCN(C(=O)OC(C)(C)C)C4)ncc3C(F)(F)F)c[nH]c2c1. The van der Waals surface area contributed by atoms with E-state index in [2.05, 4.69) is 30.7 Å². The first-order valence-electron chi connectivity index (χ1n) is 12.6. The molecule has 0 bridgehead atoms. The average Bonchev–Trinajstić information content (AvgIpc) is 3.30. The van der Waals surface area contributed by atoms with E-state index in [1.165, 1.54) is 31.3 Å². The number of likely N-dealkylation sites (tertiary alicyclic amines) is 1. The number of oxime groups is 1. The molecule has 3 aromatic rings. The van der Waals surface area contributed by atoms with Crippen LogP contribution < -0.4 is 10.6 Å². The van der Waals surface area contributed by atoms with Crippen molar-refractivity contribution in [2.24, 2.45) is 5.16 Å². The Kier molecular flexibility index (Phi) is 7.89. The topological polar surface area (TPSA) is 145 Å². The van der Waals surface area contributed by atoms with Crippen LogP contribution in [0.2, 0.25) is 0 Å². The van der Waals surface area contributed by atoms with Crippen LogP contribution in [0.25, 0.3) is 22.2 Å². The van der Waals surface area contributed by atoms with Crippen LogP contribution in [0.1, 0.15) is 56.5 Å². The van der Waals surface area contributed by atoms with Crippen molar-refractivity contribution in [1.82, 2.24) is 25.2 Å². The fourth-order valence-electron chi connectivity index (χ4n) is 4.36. The number of amidine groups is 1. The van der Waals surface area contributed by atoms with Crippen molar-refractivity contribution in [1.29, 1.82) is 0 Å². The van der Waals surface area contributed by atoms with E-state index in [1.807, 2.05) is 0 Å². The Morgan fingerprint density at radius 3 is 2.67 bits per heavy atom. The molecule has 214 valence electrons. The van der Waals surface area contributed by atoms with E-state index in [0.29, 0.717) is 30.3 Å². The van der Waals surface area contributed by atoms with Gasteiger partial charge in [-0.1, -0.05) is 11.2 Å². The van der Waals surface area contributed by atoms with Gasteiger partial charge >= 0.3 is 12.3 Å². The van der Waals surface area contributed by atoms with E-state index >= 15 is 0 Å². The molecule has 11 nitrogen and oxygen atoms in total. The number of hydrogen-bond acceptors (Lipinski definition) is 8. The fourth-order valence-corrected chi connectivity index (χ4v) is 4.36. The number of aromatic amines is 1. The Morgan fingerprint density at radius 2 is 2.00 bits per heavy atom. The maximum atomic E-state index is 14.0. The number of H-pyrrole nitrogens is 1. The van der Waals surface area contributed by atoms with Crippen LogP contribution in [0.3, 0.4) is 0 Å². The van der Waals surface area contributed by atoms with Crippen molar-refractivity contribution in [3.8, 4) is 11.3 Å². The Balaban J connectivity index is 1.62. The van der Waals surface area contributed by atoms with Gasteiger partial charge < -0.3 is 30.5 Å². The first-order valence-corrected chi connectivity index (χ1v) is 12.6. The number of anilines is 1. The number of aromatic nitrogens is 3. The number of alkyl halides is 3. The highest BCUT2D eigenvalue weighted by atomic mass is 19.4. The summed E-state index contributed by atoms with van der Waals surface area (Å²) in [5.74, 6) is -0.575. The summed E-state index contributed by atoms with van der Waals surface area (Å²) in [5.41, 5.74) is -1.23. The van der Waals surface area contributed by atoms with Gasteiger partial charge in [-0.2, -0.15) is 13.2 Å². The number of benzene rings is 1. The second-order valence-corrected chi connectivity index (χ2v) is 10.5. The Morgan fingerprint density at radius 1 is 1.25 bits per heavy atom. The lowest BCUT2D eigenvalue weighted by Gasteiger charge is -2.34. The number of fused-ring (bicyclic) bond motifs is 1. The van der Waals surface area contributed by atoms with Gasteiger partial charge in [-0.05, 0) is 52.7 Å². The summed E-state index contributed by atoms with van der Waals surface area (Å²) in [5, 5.41) is 17.5. The van der Waals surface area contributed by atoms with E-state index in [-0.39, 0.29) is 41.2 Å². The monoisotopic (exact) mass is 561 g/mol. The van der Waals surface area contributed by atoms with Crippen LogP contribution in [0.4, 0.5) is 23.9 Å². The minimum atomic E-state index is -4.73. The van der Waals surface area contributed by atoms with E-state index in [1.54, 1.807) is 25.7 Å². The number of amides is 2. The van der Waals surface area contributed by atoms with Gasteiger partial charge in [0.05, 0.1) is 5.69 Å². The number of piperidine rings is 1. The highest BCUT2D eigenvalue weighted by molar-refractivity contribution is 6.08. The molecule has 0 aliphatic carbocycles. The zero-order valence-corrected chi connectivity index (χ0v) is 22.4. The molecular weight excluding hydrogens is 531 g/mol. The standard InChI is InChI=1S/C26H30F3N7O4/c1-14(35-39)32-22(37)15-7-8-17-18(11-30-20(17)10-15)21-19(26(27,28)29)12-31-23(34-21)33-16-6-5-9-36(13-16)24(38)40-25(2,3)4/h7-8,10-12,16,30,39H,5-6,9,13H2,1-4H3,(H,31,33,34)(H,32,35,37)/t16-/m0/s1. The predicted octanol–water partition coefficient (Wildman–Crippen LogP) is 4.99. The van der Waals surface area contributed by atoms with Gasteiger partial charge in [-0.3, -0.25) is 4.79 Å². The number of nitrogens with one attached hydrogen (secondary N) is 3. The summed E-state index contributed by atoms with van der Waals surface area (Å²) in [7, 11) is 0. The van der Waals surface area contributed by atoms with Crippen LogP contribution in [-0.2, 0) is 10.9 Å². The molecular formula is C26H30F3N7O4. The number of nitrogens with zero attached hydrogens (tertiary/aromatic N) is 4. The highest BCUT2D eigenvalue weighted by Crippen LogP contribution is 2.39. The number of hydrogen-bond donors (Lipinski definition) is 4. The van der Waals surface area contributed by atoms with E-state index in [4.69, 9.17) is 9.94 Å². The summed E-state index contributed by atoms with van der Waals surface area (Å²) in [6.07, 6.45) is -1.73. The second kappa shape index (κ2) is 11.0. The van der Waals surface area contributed by atoms with Crippen LogP contribution in [0.15, 0.2) is 35.7 Å². The molecule has 2 amide bonds. The molecule has 2 aromatic heterocycles. The van der Waals surface area contributed by atoms with Crippen molar-refractivity contribution in [3.63, 3.8) is 0 Å². The molecule has 0 radical (unpaired) electrons. The maximum absolute atomic E-state index is 14.0. The Bertz CT molecular complexity index is 1450. The molecule has 0 spiro atoms. The number of rotatable bonds is 4. The summed E-state index contributed by atoms with van der Waals surface area (Å²) < 4.78 is 47.4. The summed E-state index contributed by atoms with van der Waals surface area (Å²) >= 11 is 0. The molecule has 40 heavy (non-hydrogen) atoms. The van der Waals surface area contributed by atoms with Crippen LogP contribution in [-0.4, -0.2) is 67.6 Å².